The highest BCUT2D eigenvalue weighted by Gasteiger charge is 2.21. The maximum atomic E-state index is 12.4. The minimum Gasteiger partial charge on any atom is -0.340 e. The third-order valence-electron chi connectivity index (χ3n) is 4.27. The van der Waals surface area contributed by atoms with Crippen LogP contribution in [0.5, 0.6) is 0 Å². The first-order chi connectivity index (χ1) is 9.74. The number of amides is 1. The van der Waals surface area contributed by atoms with Gasteiger partial charge in [0.1, 0.15) is 0 Å². The van der Waals surface area contributed by atoms with Crippen molar-refractivity contribution < 1.29 is 4.79 Å². The molecular formula is C15H23N3OS. The topological polar surface area (TPSA) is 35.6 Å². The van der Waals surface area contributed by atoms with Gasteiger partial charge in [-0.15, -0.1) is 11.3 Å². The van der Waals surface area contributed by atoms with Crippen LogP contribution in [0.25, 0.3) is 0 Å². The summed E-state index contributed by atoms with van der Waals surface area (Å²) in [4.78, 5) is 19.1. The number of hydrogen-bond acceptors (Lipinski definition) is 4. The van der Waals surface area contributed by atoms with Gasteiger partial charge in [-0.05, 0) is 30.9 Å². The highest BCUT2D eigenvalue weighted by molar-refractivity contribution is 7.14. The van der Waals surface area contributed by atoms with E-state index in [0.29, 0.717) is 0 Å². The fourth-order valence-corrected chi connectivity index (χ4v) is 4.20. The number of fused-ring (bicyclic) bond motifs is 1. The molecule has 2 heterocycles. The Labute approximate surface area is 124 Å². The fourth-order valence-electron chi connectivity index (χ4n) is 2.95. The van der Waals surface area contributed by atoms with E-state index in [1.54, 1.807) is 11.3 Å². The summed E-state index contributed by atoms with van der Waals surface area (Å²) in [6.07, 6.45) is 3.58. The summed E-state index contributed by atoms with van der Waals surface area (Å²) in [5, 5.41) is 3.35. The van der Waals surface area contributed by atoms with Crippen molar-refractivity contribution in [2.24, 2.45) is 0 Å². The number of carbonyl (C=O) groups excluding carboxylic acids is 1. The van der Waals surface area contributed by atoms with E-state index in [2.05, 4.69) is 16.3 Å². The standard InChI is InChI=1S/C15H23N3OS/c1-17(9-10-18-7-5-16-6-8-18)15(19)14-11-12-3-2-4-13(12)20-14/h11,16H,2-10H2,1H3. The van der Waals surface area contributed by atoms with Gasteiger partial charge in [0.2, 0.25) is 0 Å². The molecule has 0 bridgehead atoms. The van der Waals surface area contributed by atoms with Gasteiger partial charge in [0.15, 0.2) is 0 Å². The van der Waals surface area contributed by atoms with Crippen molar-refractivity contribution in [3.05, 3.63) is 21.4 Å². The molecule has 1 aromatic heterocycles. The van der Waals surface area contributed by atoms with E-state index in [4.69, 9.17) is 0 Å². The Morgan fingerprint density at radius 1 is 1.40 bits per heavy atom. The van der Waals surface area contributed by atoms with Crippen LogP contribution in [0.4, 0.5) is 0 Å². The van der Waals surface area contributed by atoms with Gasteiger partial charge in [-0.2, -0.15) is 0 Å². The first kappa shape index (κ1) is 14.0. The van der Waals surface area contributed by atoms with E-state index in [-0.39, 0.29) is 5.91 Å². The van der Waals surface area contributed by atoms with Crippen molar-refractivity contribution in [3.63, 3.8) is 0 Å². The molecule has 3 rings (SSSR count). The van der Waals surface area contributed by atoms with E-state index >= 15 is 0 Å². The van der Waals surface area contributed by atoms with Crippen molar-refractivity contribution >= 4 is 17.2 Å². The molecule has 5 heteroatoms. The maximum Gasteiger partial charge on any atom is 0.263 e. The summed E-state index contributed by atoms with van der Waals surface area (Å²) in [5.74, 6) is 0.194. The first-order valence-corrected chi connectivity index (χ1v) is 8.36. The van der Waals surface area contributed by atoms with Crippen LogP contribution in [0.1, 0.15) is 26.5 Å². The molecule has 110 valence electrons. The summed E-state index contributed by atoms with van der Waals surface area (Å²) in [7, 11) is 1.93. The lowest BCUT2D eigenvalue weighted by atomic mass is 10.2. The summed E-state index contributed by atoms with van der Waals surface area (Å²) >= 11 is 1.71. The zero-order valence-corrected chi connectivity index (χ0v) is 13.0. The summed E-state index contributed by atoms with van der Waals surface area (Å²) in [6.45, 7) is 6.12. The van der Waals surface area contributed by atoms with Crippen molar-refractivity contribution in [2.45, 2.75) is 19.3 Å². The Hall–Kier alpha value is -0.910. The Morgan fingerprint density at radius 2 is 2.20 bits per heavy atom. The van der Waals surface area contributed by atoms with Gasteiger partial charge in [0.25, 0.3) is 5.91 Å². The summed E-state index contributed by atoms with van der Waals surface area (Å²) in [6, 6.07) is 2.12. The van der Waals surface area contributed by atoms with E-state index in [0.717, 1.165) is 57.0 Å². The van der Waals surface area contributed by atoms with Crippen LogP contribution in [0.15, 0.2) is 6.07 Å². The lowest BCUT2D eigenvalue weighted by molar-refractivity contribution is 0.0779. The average Bonchev–Trinajstić information content (AvgIpc) is 3.06. The van der Waals surface area contributed by atoms with Gasteiger partial charge in [-0.25, -0.2) is 0 Å². The lowest BCUT2D eigenvalue weighted by Gasteiger charge is -2.29. The SMILES string of the molecule is CN(CCN1CCNCC1)C(=O)c1cc2c(s1)CCC2. The predicted molar refractivity (Wildman–Crippen MR) is 82.6 cm³/mol. The highest BCUT2D eigenvalue weighted by Crippen LogP contribution is 2.31. The quantitative estimate of drug-likeness (QED) is 0.906. The molecule has 0 radical (unpaired) electrons. The number of nitrogens with one attached hydrogen (secondary N) is 1. The zero-order chi connectivity index (χ0) is 13.9. The molecule has 0 unspecified atom stereocenters. The van der Waals surface area contributed by atoms with Crippen molar-refractivity contribution in [1.82, 2.24) is 15.1 Å². The Bertz CT molecular complexity index is 458. The van der Waals surface area contributed by atoms with Gasteiger partial charge in [-0.3, -0.25) is 9.69 Å². The van der Waals surface area contributed by atoms with Crippen LogP contribution in [0.2, 0.25) is 0 Å². The number of piperazine rings is 1. The number of carbonyl (C=O) groups is 1. The van der Waals surface area contributed by atoms with Gasteiger partial charge in [0, 0.05) is 51.2 Å². The lowest BCUT2D eigenvalue weighted by Crippen LogP contribution is -2.46. The monoisotopic (exact) mass is 293 g/mol. The van der Waals surface area contributed by atoms with Crippen molar-refractivity contribution in [1.29, 1.82) is 0 Å². The van der Waals surface area contributed by atoms with E-state index < -0.39 is 0 Å². The molecule has 1 aliphatic heterocycles. The third kappa shape index (κ3) is 3.05. The minimum atomic E-state index is 0.194. The van der Waals surface area contributed by atoms with Crippen LogP contribution in [-0.4, -0.2) is 62.0 Å². The third-order valence-corrected chi connectivity index (χ3v) is 5.49. The molecule has 1 aromatic rings. The molecule has 20 heavy (non-hydrogen) atoms. The summed E-state index contributed by atoms with van der Waals surface area (Å²) < 4.78 is 0. The second-order valence-corrected chi connectivity index (χ2v) is 6.87. The highest BCUT2D eigenvalue weighted by atomic mass is 32.1. The molecule has 1 saturated heterocycles. The van der Waals surface area contributed by atoms with Gasteiger partial charge >= 0.3 is 0 Å². The Kier molecular flexibility index (Phi) is 4.38. The molecule has 0 spiro atoms. The number of rotatable bonds is 4. The second-order valence-electron chi connectivity index (χ2n) is 5.73. The fraction of sp³-hybridized carbons (Fsp3) is 0.667. The van der Waals surface area contributed by atoms with Crippen molar-refractivity contribution in [2.75, 3.05) is 46.3 Å². The van der Waals surface area contributed by atoms with Crippen LogP contribution in [0, 0.1) is 0 Å². The number of aryl methyl sites for hydroxylation is 2. The molecular weight excluding hydrogens is 270 g/mol. The van der Waals surface area contributed by atoms with Crippen LogP contribution in [-0.2, 0) is 12.8 Å². The number of hydrogen-bond donors (Lipinski definition) is 1. The summed E-state index contributed by atoms with van der Waals surface area (Å²) in [5.41, 5.74) is 1.41. The number of thiophene rings is 1. The maximum absolute atomic E-state index is 12.4. The van der Waals surface area contributed by atoms with Gasteiger partial charge in [0.05, 0.1) is 4.88 Å². The van der Waals surface area contributed by atoms with E-state index in [9.17, 15) is 4.79 Å². The molecule has 1 amide bonds. The van der Waals surface area contributed by atoms with E-state index in [1.165, 1.54) is 16.9 Å². The van der Waals surface area contributed by atoms with Gasteiger partial charge in [-0.1, -0.05) is 0 Å². The molecule has 1 fully saturated rings. The normalized spacial score (nSPS) is 19.1. The predicted octanol–water partition coefficient (Wildman–Crippen LogP) is 1.21. The zero-order valence-electron chi connectivity index (χ0n) is 12.2. The largest absolute Gasteiger partial charge is 0.340 e. The minimum absolute atomic E-state index is 0.194. The first-order valence-electron chi connectivity index (χ1n) is 7.54. The van der Waals surface area contributed by atoms with Crippen LogP contribution >= 0.6 is 11.3 Å². The van der Waals surface area contributed by atoms with Crippen LogP contribution < -0.4 is 5.32 Å². The average molecular weight is 293 g/mol. The molecule has 4 nitrogen and oxygen atoms in total. The second kappa shape index (κ2) is 6.24. The molecule has 0 atom stereocenters. The number of likely N-dealkylation sites (N-methyl/N-ethyl adjacent to an activating group) is 1. The van der Waals surface area contributed by atoms with Gasteiger partial charge < -0.3 is 10.2 Å². The smallest absolute Gasteiger partial charge is 0.263 e. The Balaban J connectivity index is 1.53. The number of nitrogens with zero attached hydrogens (tertiary/aromatic N) is 2. The van der Waals surface area contributed by atoms with E-state index in [1.807, 2.05) is 11.9 Å². The molecule has 0 aromatic carbocycles. The molecule has 0 saturated carbocycles. The van der Waals surface area contributed by atoms with Crippen molar-refractivity contribution in [3.8, 4) is 0 Å². The molecule has 2 aliphatic rings. The van der Waals surface area contributed by atoms with Crippen LogP contribution in [0.3, 0.4) is 0 Å². The Morgan fingerprint density at radius 3 is 2.95 bits per heavy atom. The molecule has 1 N–H and O–H groups in total. The molecule has 1 aliphatic carbocycles.